The van der Waals surface area contributed by atoms with Crippen LogP contribution in [0.3, 0.4) is 0 Å². The molecule has 0 saturated carbocycles. The third-order valence-electron chi connectivity index (χ3n) is 2.14. The molecule has 1 aromatic carbocycles. The average molecular weight is 387 g/mol. The van der Waals surface area contributed by atoms with Crippen molar-refractivity contribution in [1.82, 2.24) is 5.27 Å². The van der Waals surface area contributed by atoms with Gasteiger partial charge in [-0.1, -0.05) is 20.8 Å². The number of rotatable bonds is 2. The fourth-order valence-electron chi connectivity index (χ4n) is 1.38. The first kappa shape index (κ1) is 14.8. The largest absolute Gasteiger partial charge is 0.594 e. The standard InChI is InChI=1S/C13H14IN3O3/c1-13(2,3)19-12(18)15-11-8-17(16-20-11)10-6-4-9(14)5-7-10/h4-8H,1-3H3. The average Bonchev–Trinajstić information content (AvgIpc) is 2.75. The molecule has 0 atom stereocenters. The van der Waals surface area contributed by atoms with E-state index >= 15 is 0 Å². The van der Waals surface area contributed by atoms with Gasteiger partial charge < -0.3 is 9.84 Å². The molecular weight excluding hydrogens is 373 g/mol. The number of aromatic nitrogens is 2. The smallest absolute Gasteiger partial charge is 0.323 e. The van der Waals surface area contributed by atoms with Crippen molar-refractivity contribution in [3.8, 4) is 5.69 Å². The van der Waals surface area contributed by atoms with Gasteiger partial charge in [-0.25, -0.2) is 0 Å². The van der Waals surface area contributed by atoms with E-state index < -0.39 is 11.7 Å². The highest BCUT2D eigenvalue weighted by molar-refractivity contribution is 14.1. The van der Waals surface area contributed by atoms with Gasteiger partial charge in [0.1, 0.15) is 0 Å². The fourth-order valence-corrected chi connectivity index (χ4v) is 1.74. The van der Waals surface area contributed by atoms with E-state index in [1.165, 1.54) is 10.9 Å². The number of hydrogen-bond acceptors (Lipinski definition) is 5. The van der Waals surface area contributed by atoms with E-state index in [1.54, 1.807) is 20.8 Å². The highest BCUT2D eigenvalue weighted by Gasteiger charge is 2.14. The Kier molecular flexibility index (Phi) is 4.26. The van der Waals surface area contributed by atoms with Crippen molar-refractivity contribution in [3.63, 3.8) is 0 Å². The van der Waals surface area contributed by atoms with Crippen molar-refractivity contribution in [3.05, 3.63) is 34.0 Å². The van der Waals surface area contributed by atoms with Crippen molar-refractivity contribution in [2.75, 3.05) is 0 Å². The molecule has 0 bridgehead atoms. The van der Waals surface area contributed by atoms with Gasteiger partial charge in [-0.15, -0.1) is 0 Å². The molecule has 0 radical (unpaired) electrons. The Labute approximate surface area is 130 Å². The van der Waals surface area contributed by atoms with Crippen molar-refractivity contribution >= 4 is 34.6 Å². The van der Waals surface area contributed by atoms with E-state index in [0.717, 1.165) is 9.26 Å². The van der Waals surface area contributed by atoms with E-state index in [4.69, 9.17) is 9.26 Å². The predicted octanol–water partition coefficient (Wildman–Crippen LogP) is 1.72. The minimum absolute atomic E-state index is 0.0952. The molecule has 0 aliphatic heterocycles. The summed E-state index contributed by atoms with van der Waals surface area (Å²) in [5.41, 5.74) is 0.229. The third kappa shape index (κ3) is 4.19. The third-order valence-corrected chi connectivity index (χ3v) is 2.86. The van der Waals surface area contributed by atoms with Gasteiger partial charge in [0.15, 0.2) is 6.08 Å². The molecule has 0 aliphatic rings. The molecule has 1 aromatic heterocycles. The van der Waals surface area contributed by atoms with Gasteiger partial charge in [0.2, 0.25) is 11.0 Å². The Hall–Kier alpha value is -1.64. The second kappa shape index (κ2) is 5.78. The molecule has 1 heterocycles. The minimum atomic E-state index is -0.705. The number of halogens is 1. The highest BCUT2D eigenvalue weighted by atomic mass is 127. The molecule has 7 heteroatoms. The van der Waals surface area contributed by atoms with Gasteiger partial charge in [0, 0.05) is 21.3 Å². The zero-order valence-electron chi connectivity index (χ0n) is 11.3. The summed E-state index contributed by atoms with van der Waals surface area (Å²) in [5, 5.41) is 15.3. The van der Waals surface area contributed by atoms with Gasteiger partial charge in [-0.05, 0) is 39.4 Å². The zero-order chi connectivity index (χ0) is 14.8. The number of ether oxygens (including phenoxy) is 1. The van der Waals surface area contributed by atoms with Crippen LogP contribution in [-0.2, 0) is 4.74 Å². The summed E-state index contributed by atoms with van der Waals surface area (Å²) in [6.45, 7) is 5.31. The Morgan fingerprint density at radius 3 is 2.60 bits per heavy atom. The van der Waals surface area contributed by atoms with Crippen LogP contribution in [0.2, 0.25) is 0 Å². The SMILES string of the molecule is CC(C)(C)O/C([O-])=N/c1c[n+](-c2ccc(I)cc2)no1. The van der Waals surface area contributed by atoms with Crippen molar-refractivity contribution < 1.29 is 19.0 Å². The van der Waals surface area contributed by atoms with E-state index in [0.29, 0.717) is 0 Å². The number of hydrogen-bond donors (Lipinski definition) is 0. The highest BCUT2D eigenvalue weighted by Crippen LogP contribution is 2.12. The fraction of sp³-hybridized carbons (Fsp3) is 0.308. The van der Waals surface area contributed by atoms with Crippen LogP contribution >= 0.6 is 22.6 Å². The van der Waals surface area contributed by atoms with E-state index in [-0.39, 0.29) is 5.88 Å². The maximum atomic E-state index is 11.5. The topological polar surface area (TPSA) is 74.6 Å². The maximum absolute atomic E-state index is 11.5. The molecule has 0 unspecified atom stereocenters. The quantitative estimate of drug-likeness (QED) is 0.341. The van der Waals surface area contributed by atoms with Crippen molar-refractivity contribution in [2.45, 2.75) is 26.4 Å². The van der Waals surface area contributed by atoms with E-state index in [2.05, 4.69) is 32.9 Å². The van der Waals surface area contributed by atoms with E-state index in [9.17, 15) is 5.11 Å². The first-order chi connectivity index (χ1) is 9.33. The number of aliphatic imine (C=N–C) groups is 1. The van der Waals surface area contributed by atoms with Crippen LogP contribution < -0.4 is 9.79 Å². The molecule has 0 spiro atoms. The molecule has 0 amide bonds. The molecule has 0 fully saturated rings. The zero-order valence-corrected chi connectivity index (χ0v) is 13.5. The first-order valence-electron chi connectivity index (χ1n) is 5.93. The summed E-state index contributed by atoms with van der Waals surface area (Å²) in [4.78, 5) is 3.70. The van der Waals surface area contributed by atoms with Crippen LogP contribution in [0.5, 0.6) is 0 Å². The maximum Gasteiger partial charge on any atom is 0.323 e. The molecule has 20 heavy (non-hydrogen) atoms. The van der Waals surface area contributed by atoms with Gasteiger partial charge >= 0.3 is 5.88 Å². The second-order valence-corrected chi connectivity index (χ2v) is 6.30. The van der Waals surface area contributed by atoms with E-state index in [1.807, 2.05) is 24.3 Å². The molecule has 2 aromatic rings. The lowest BCUT2D eigenvalue weighted by atomic mass is 10.2. The van der Waals surface area contributed by atoms with Crippen LogP contribution in [0.25, 0.3) is 5.69 Å². The molecule has 6 nitrogen and oxygen atoms in total. The van der Waals surface area contributed by atoms with Crippen LogP contribution in [0, 0.1) is 3.57 Å². The monoisotopic (exact) mass is 387 g/mol. The van der Waals surface area contributed by atoms with Crippen molar-refractivity contribution in [2.24, 2.45) is 4.99 Å². The summed E-state index contributed by atoms with van der Waals surface area (Å²) >= 11 is 2.22. The molecule has 0 saturated heterocycles. The van der Waals surface area contributed by atoms with Crippen LogP contribution in [0.15, 0.2) is 40.0 Å². The summed E-state index contributed by atoms with van der Waals surface area (Å²) in [5.74, 6) is 0.0952. The number of nitrogens with zero attached hydrogens (tertiary/aromatic N) is 3. The summed E-state index contributed by atoms with van der Waals surface area (Å²) < 4.78 is 12.7. The molecule has 2 rings (SSSR count). The number of benzene rings is 1. The van der Waals surface area contributed by atoms with Gasteiger partial charge in [0.25, 0.3) is 6.20 Å². The Morgan fingerprint density at radius 1 is 1.35 bits per heavy atom. The Balaban J connectivity index is 2.17. The second-order valence-electron chi connectivity index (χ2n) is 5.05. The van der Waals surface area contributed by atoms with Crippen molar-refractivity contribution in [1.29, 1.82) is 0 Å². The normalized spacial score (nSPS) is 12.5. The van der Waals surface area contributed by atoms with Crippen LogP contribution in [0.1, 0.15) is 20.8 Å². The molecule has 106 valence electrons. The van der Waals surface area contributed by atoms with Gasteiger partial charge in [-0.2, -0.15) is 4.99 Å². The lowest BCUT2D eigenvalue weighted by Crippen LogP contribution is -2.32. The lowest BCUT2D eigenvalue weighted by molar-refractivity contribution is -0.670. The lowest BCUT2D eigenvalue weighted by Gasteiger charge is -2.28. The summed E-state index contributed by atoms with van der Waals surface area (Å²) in [7, 11) is 0. The first-order valence-corrected chi connectivity index (χ1v) is 7.01. The molecular formula is C13H14IN3O3. The predicted molar refractivity (Wildman–Crippen MR) is 78.7 cm³/mol. The Morgan fingerprint density at radius 2 is 2.00 bits per heavy atom. The molecule has 0 aliphatic carbocycles. The minimum Gasteiger partial charge on any atom is -0.594 e. The molecule has 0 N–H and O–H groups in total. The van der Waals surface area contributed by atoms with Crippen LogP contribution in [0.4, 0.5) is 5.88 Å². The Bertz CT molecular complexity index is 615. The summed E-state index contributed by atoms with van der Waals surface area (Å²) in [6.07, 6.45) is 0.815. The van der Waals surface area contributed by atoms with Crippen LogP contribution in [-0.4, -0.2) is 17.0 Å². The van der Waals surface area contributed by atoms with Gasteiger partial charge in [-0.3, -0.25) is 4.52 Å². The summed E-state index contributed by atoms with van der Waals surface area (Å²) in [6, 6.07) is 7.67. The van der Waals surface area contributed by atoms with Gasteiger partial charge in [0.05, 0.1) is 0 Å².